The van der Waals surface area contributed by atoms with Crippen LogP contribution >= 0.6 is 0 Å². The van der Waals surface area contributed by atoms with Gasteiger partial charge in [0.1, 0.15) is 11.6 Å². The Hall–Kier alpha value is -1.30. The summed E-state index contributed by atoms with van der Waals surface area (Å²) in [6, 6.07) is 3.44. The van der Waals surface area contributed by atoms with Crippen molar-refractivity contribution in [3.8, 4) is 0 Å². The van der Waals surface area contributed by atoms with Crippen molar-refractivity contribution in [2.45, 2.75) is 12.2 Å². The summed E-state index contributed by atoms with van der Waals surface area (Å²) >= 11 is 0. The number of nitrogens with one attached hydrogen (secondary N) is 1. The highest BCUT2D eigenvalue weighted by Crippen LogP contribution is 2.14. The summed E-state index contributed by atoms with van der Waals surface area (Å²) in [6.45, 7) is 2.50. The maximum absolute atomic E-state index is 11.1. The van der Waals surface area contributed by atoms with Crippen molar-refractivity contribution in [3.05, 3.63) is 12.1 Å². The van der Waals surface area contributed by atoms with E-state index in [1.165, 1.54) is 0 Å². The summed E-state index contributed by atoms with van der Waals surface area (Å²) in [4.78, 5) is 4.05. The molecule has 0 fully saturated rings. The van der Waals surface area contributed by atoms with E-state index in [4.69, 9.17) is 11.5 Å². The van der Waals surface area contributed by atoms with Gasteiger partial charge in [0.2, 0.25) is 0 Å². The fourth-order valence-electron chi connectivity index (χ4n) is 0.950. The summed E-state index contributed by atoms with van der Waals surface area (Å²) in [5.74, 6) is 0.962. The van der Waals surface area contributed by atoms with Crippen LogP contribution in [-0.2, 0) is 10.8 Å². The lowest BCUT2D eigenvalue weighted by Crippen LogP contribution is -2.21. The first-order valence-corrected chi connectivity index (χ1v) is 6.21. The van der Waals surface area contributed by atoms with Gasteiger partial charge in [-0.25, -0.2) is 4.98 Å². The summed E-state index contributed by atoms with van der Waals surface area (Å²) < 4.78 is 11.1. The number of anilines is 3. The van der Waals surface area contributed by atoms with Crippen LogP contribution in [0.25, 0.3) is 0 Å². The molecule has 0 saturated carbocycles. The molecule has 0 aliphatic heterocycles. The average molecular weight is 228 g/mol. The minimum absolute atomic E-state index is 0.0746. The molecule has 6 heteroatoms. The highest BCUT2D eigenvalue weighted by molar-refractivity contribution is 7.84. The monoisotopic (exact) mass is 228 g/mol. The lowest BCUT2D eigenvalue weighted by molar-refractivity contribution is 0.679. The number of pyridine rings is 1. The minimum atomic E-state index is -0.840. The Morgan fingerprint density at radius 3 is 2.73 bits per heavy atom. The van der Waals surface area contributed by atoms with Crippen LogP contribution < -0.4 is 16.8 Å². The smallest absolute Gasteiger partial charge is 0.149 e. The van der Waals surface area contributed by atoms with Crippen LogP contribution in [0.1, 0.15) is 6.92 Å². The van der Waals surface area contributed by atoms with Crippen LogP contribution in [0.2, 0.25) is 0 Å². The van der Waals surface area contributed by atoms with E-state index in [-0.39, 0.29) is 5.25 Å². The number of hydrogen-bond donors (Lipinski definition) is 3. The molecule has 84 valence electrons. The molecule has 0 radical (unpaired) electrons. The molecule has 1 rings (SSSR count). The number of nitrogens with two attached hydrogens (primary N) is 2. The van der Waals surface area contributed by atoms with Crippen LogP contribution in [0.4, 0.5) is 17.3 Å². The van der Waals surface area contributed by atoms with Gasteiger partial charge < -0.3 is 16.8 Å². The molecule has 5 N–H and O–H groups in total. The van der Waals surface area contributed by atoms with E-state index in [0.29, 0.717) is 23.9 Å². The SMILES string of the molecule is CC(CNc1ccc(N)c(N)n1)S(C)=O. The van der Waals surface area contributed by atoms with E-state index < -0.39 is 10.8 Å². The van der Waals surface area contributed by atoms with E-state index in [9.17, 15) is 4.21 Å². The predicted molar refractivity (Wildman–Crippen MR) is 65.1 cm³/mol. The number of aromatic nitrogens is 1. The molecule has 1 heterocycles. The largest absolute Gasteiger partial charge is 0.396 e. The second kappa shape index (κ2) is 4.97. The third-order valence-electron chi connectivity index (χ3n) is 2.09. The molecular weight excluding hydrogens is 212 g/mol. The molecular formula is C9H16N4OS. The van der Waals surface area contributed by atoms with Gasteiger partial charge in [-0.2, -0.15) is 0 Å². The fraction of sp³-hybridized carbons (Fsp3) is 0.444. The van der Waals surface area contributed by atoms with Gasteiger partial charge in [-0.3, -0.25) is 4.21 Å². The third-order valence-corrected chi connectivity index (χ3v) is 3.39. The highest BCUT2D eigenvalue weighted by atomic mass is 32.2. The van der Waals surface area contributed by atoms with Crippen molar-refractivity contribution >= 4 is 28.1 Å². The lowest BCUT2D eigenvalue weighted by Gasteiger charge is -2.11. The van der Waals surface area contributed by atoms with E-state index >= 15 is 0 Å². The normalized spacial score (nSPS) is 14.5. The zero-order valence-corrected chi connectivity index (χ0v) is 9.67. The van der Waals surface area contributed by atoms with E-state index in [1.54, 1.807) is 18.4 Å². The first kappa shape index (κ1) is 11.8. The number of nitrogens with zero attached hydrogens (tertiary/aromatic N) is 1. The summed E-state index contributed by atoms with van der Waals surface area (Å²) in [7, 11) is -0.840. The maximum atomic E-state index is 11.1. The number of hydrogen-bond acceptors (Lipinski definition) is 5. The predicted octanol–water partition coefficient (Wildman–Crippen LogP) is 0.425. The third kappa shape index (κ3) is 3.39. The molecule has 2 unspecified atom stereocenters. The molecule has 0 saturated heterocycles. The van der Waals surface area contributed by atoms with Crippen LogP contribution in [0.5, 0.6) is 0 Å². The van der Waals surface area contributed by atoms with Gasteiger partial charge in [0, 0.05) is 28.9 Å². The Morgan fingerprint density at radius 1 is 1.53 bits per heavy atom. The zero-order chi connectivity index (χ0) is 11.4. The number of nitrogen functional groups attached to an aromatic ring is 2. The molecule has 0 aromatic carbocycles. The second-order valence-corrected chi connectivity index (χ2v) is 5.16. The zero-order valence-electron chi connectivity index (χ0n) is 8.86. The van der Waals surface area contributed by atoms with Gasteiger partial charge >= 0.3 is 0 Å². The van der Waals surface area contributed by atoms with E-state index in [0.717, 1.165) is 0 Å². The maximum Gasteiger partial charge on any atom is 0.149 e. The Morgan fingerprint density at radius 2 is 2.20 bits per heavy atom. The summed E-state index contributed by atoms with van der Waals surface area (Å²) in [5, 5.41) is 3.13. The van der Waals surface area contributed by atoms with Gasteiger partial charge in [-0.15, -0.1) is 0 Å². The molecule has 0 amide bonds. The molecule has 2 atom stereocenters. The molecule has 15 heavy (non-hydrogen) atoms. The van der Waals surface area contributed by atoms with Crippen molar-refractivity contribution in [3.63, 3.8) is 0 Å². The average Bonchev–Trinajstić information content (AvgIpc) is 2.19. The van der Waals surface area contributed by atoms with Gasteiger partial charge in [-0.1, -0.05) is 0 Å². The van der Waals surface area contributed by atoms with Gasteiger partial charge in [0.05, 0.1) is 5.69 Å². The molecule has 0 aliphatic carbocycles. The molecule has 5 nitrogen and oxygen atoms in total. The molecule has 0 bridgehead atoms. The Labute approximate surface area is 91.7 Å². The minimum Gasteiger partial charge on any atom is -0.396 e. The Balaban J connectivity index is 2.58. The van der Waals surface area contributed by atoms with Crippen LogP contribution in [0, 0.1) is 0 Å². The van der Waals surface area contributed by atoms with E-state index in [1.807, 2.05) is 6.92 Å². The van der Waals surface area contributed by atoms with E-state index in [2.05, 4.69) is 10.3 Å². The summed E-state index contributed by atoms with van der Waals surface area (Å²) in [6.07, 6.45) is 1.68. The van der Waals surface area contributed by atoms with Crippen molar-refractivity contribution in [2.75, 3.05) is 29.6 Å². The highest BCUT2D eigenvalue weighted by Gasteiger charge is 2.06. The van der Waals surface area contributed by atoms with Crippen LogP contribution in [-0.4, -0.2) is 27.2 Å². The molecule has 1 aromatic rings. The molecule has 0 spiro atoms. The van der Waals surface area contributed by atoms with Crippen molar-refractivity contribution in [1.29, 1.82) is 0 Å². The van der Waals surface area contributed by atoms with Crippen molar-refractivity contribution < 1.29 is 4.21 Å². The first-order chi connectivity index (χ1) is 7.00. The molecule has 0 aliphatic rings. The van der Waals surface area contributed by atoms with Crippen molar-refractivity contribution in [2.24, 2.45) is 0 Å². The lowest BCUT2D eigenvalue weighted by atomic mass is 10.3. The summed E-state index contributed by atoms with van der Waals surface area (Å²) in [5.41, 5.74) is 11.5. The Bertz CT molecular complexity index is 369. The van der Waals surface area contributed by atoms with Gasteiger partial charge in [0.25, 0.3) is 0 Å². The quantitative estimate of drug-likeness (QED) is 0.694. The van der Waals surface area contributed by atoms with Gasteiger partial charge in [0.15, 0.2) is 0 Å². The topological polar surface area (TPSA) is 94.0 Å². The molecule has 1 aromatic heterocycles. The van der Waals surface area contributed by atoms with Crippen LogP contribution in [0.15, 0.2) is 12.1 Å². The first-order valence-electron chi connectivity index (χ1n) is 4.59. The van der Waals surface area contributed by atoms with Crippen LogP contribution in [0.3, 0.4) is 0 Å². The van der Waals surface area contributed by atoms with Gasteiger partial charge in [-0.05, 0) is 19.1 Å². The van der Waals surface area contributed by atoms with Crippen molar-refractivity contribution in [1.82, 2.24) is 4.98 Å². The fourth-order valence-corrected chi connectivity index (χ4v) is 1.27. The number of rotatable bonds is 4. The second-order valence-electron chi connectivity index (χ2n) is 3.36. The Kier molecular flexibility index (Phi) is 3.90. The standard InChI is InChI=1S/C9H16N4OS/c1-6(15(2)14)5-12-8-4-3-7(10)9(11)13-8/h3-4,6H,5,10H2,1-2H3,(H3,11,12,13).